The zero-order chi connectivity index (χ0) is 17.4. The zero-order valence-electron chi connectivity index (χ0n) is 14.4. The van der Waals surface area contributed by atoms with Crippen LogP contribution in [0.1, 0.15) is 44.9 Å². The fourth-order valence-corrected chi connectivity index (χ4v) is 4.73. The maximum atomic E-state index is 13.4. The highest BCUT2D eigenvalue weighted by atomic mass is 19.1. The second-order valence-corrected chi connectivity index (χ2v) is 7.70. The second-order valence-electron chi connectivity index (χ2n) is 7.70. The fraction of sp³-hybridized carbons (Fsp3) is 0.722. The molecule has 0 radical (unpaired) electrons. The van der Waals surface area contributed by atoms with E-state index in [1.54, 1.807) is 0 Å². The standard InChI is InChI=1S/C18H25FN4O2/c19-15-6-9-20-17(21-15)22-10-1-7-18(12-22)8-11-23(16(18)25)13-2-4-14(24)5-3-13/h6,9,13-14,24H,1-5,7-8,10-12H2/t13?,14?,18-/m0/s1. The van der Waals surface area contributed by atoms with Gasteiger partial charge >= 0.3 is 0 Å². The van der Waals surface area contributed by atoms with Crippen molar-refractivity contribution in [3.05, 3.63) is 18.2 Å². The van der Waals surface area contributed by atoms with Gasteiger partial charge < -0.3 is 14.9 Å². The lowest BCUT2D eigenvalue weighted by molar-refractivity contribution is -0.139. The first-order valence-electron chi connectivity index (χ1n) is 9.30. The summed E-state index contributed by atoms with van der Waals surface area (Å²) in [5, 5.41) is 9.71. The van der Waals surface area contributed by atoms with Gasteiger partial charge in [0, 0.05) is 37.9 Å². The number of carbonyl (C=O) groups excluding carboxylic acids is 1. The number of hydrogen-bond donors (Lipinski definition) is 1. The molecule has 1 atom stereocenters. The number of carbonyl (C=O) groups is 1. The van der Waals surface area contributed by atoms with Gasteiger partial charge in [0.2, 0.25) is 17.8 Å². The molecule has 0 bridgehead atoms. The van der Waals surface area contributed by atoms with Gasteiger partial charge in [0.25, 0.3) is 0 Å². The van der Waals surface area contributed by atoms with Crippen molar-refractivity contribution in [1.82, 2.24) is 14.9 Å². The Morgan fingerprint density at radius 2 is 2.00 bits per heavy atom. The van der Waals surface area contributed by atoms with Crippen molar-refractivity contribution in [2.24, 2.45) is 5.41 Å². The smallest absolute Gasteiger partial charge is 0.230 e. The third-order valence-electron chi connectivity index (χ3n) is 6.12. The minimum Gasteiger partial charge on any atom is -0.393 e. The number of nitrogens with zero attached hydrogens (tertiary/aromatic N) is 4. The summed E-state index contributed by atoms with van der Waals surface area (Å²) in [6.45, 7) is 2.12. The van der Waals surface area contributed by atoms with Crippen LogP contribution in [0.3, 0.4) is 0 Å². The predicted molar refractivity (Wildman–Crippen MR) is 90.5 cm³/mol. The molecule has 2 saturated heterocycles. The number of likely N-dealkylation sites (tertiary alicyclic amines) is 1. The van der Waals surface area contributed by atoms with Crippen molar-refractivity contribution in [3.63, 3.8) is 0 Å². The van der Waals surface area contributed by atoms with E-state index in [-0.39, 0.29) is 23.5 Å². The first-order chi connectivity index (χ1) is 12.1. The monoisotopic (exact) mass is 348 g/mol. The number of hydrogen-bond acceptors (Lipinski definition) is 5. The zero-order valence-corrected chi connectivity index (χ0v) is 14.4. The largest absolute Gasteiger partial charge is 0.393 e. The molecule has 6 nitrogen and oxygen atoms in total. The molecule has 1 spiro atoms. The van der Waals surface area contributed by atoms with Gasteiger partial charge in [-0.15, -0.1) is 0 Å². The van der Waals surface area contributed by atoms with Crippen molar-refractivity contribution in [2.45, 2.75) is 57.1 Å². The van der Waals surface area contributed by atoms with Crippen LogP contribution in [0.4, 0.5) is 10.3 Å². The number of rotatable bonds is 2. The Labute approximate surface area is 147 Å². The van der Waals surface area contributed by atoms with Crippen LogP contribution in [0.15, 0.2) is 12.3 Å². The van der Waals surface area contributed by atoms with Crippen molar-refractivity contribution in [1.29, 1.82) is 0 Å². The third kappa shape index (κ3) is 3.10. The quantitative estimate of drug-likeness (QED) is 0.825. The fourth-order valence-electron chi connectivity index (χ4n) is 4.73. The highest BCUT2D eigenvalue weighted by Crippen LogP contribution is 2.43. The molecule has 136 valence electrons. The third-order valence-corrected chi connectivity index (χ3v) is 6.12. The van der Waals surface area contributed by atoms with Gasteiger partial charge in [-0.25, -0.2) is 4.98 Å². The number of aromatic nitrogens is 2. The van der Waals surface area contributed by atoms with Gasteiger partial charge in [0.1, 0.15) is 0 Å². The average molecular weight is 348 g/mol. The van der Waals surface area contributed by atoms with E-state index in [4.69, 9.17) is 0 Å². The summed E-state index contributed by atoms with van der Waals surface area (Å²) in [5.41, 5.74) is -0.385. The molecule has 2 aliphatic heterocycles. The Kier molecular flexibility index (Phi) is 4.35. The van der Waals surface area contributed by atoms with Crippen LogP contribution in [-0.4, -0.2) is 57.7 Å². The molecule has 0 aromatic carbocycles. The van der Waals surface area contributed by atoms with E-state index in [9.17, 15) is 14.3 Å². The van der Waals surface area contributed by atoms with Crippen molar-refractivity contribution in [2.75, 3.05) is 24.5 Å². The molecule has 3 heterocycles. The van der Waals surface area contributed by atoms with Crippen LogP contribution in [0.5, 0.6) is 0 Å². The van der Waals surface area contributed by atoms with Gasteiger partial charge in [0.05, 0.1) is 11.5 Å². The normalized spacial score (nSPS) is 33.3. The van der Waals surface area contributed by atoms with E-state index >= 15 is 0 Å². The summed E-state index contributed by atoms with van der Waals surface area (Å²) in [7, 11) is 0. The van der Waals surface area contributed by atoms with Gasteiger partial charge in [-0.1, -0.05) is 0 Å². The number of anilines is 1. The van der Waals surface area contributed by atoms with Crippen LogP contribution < -0.4 is 4.90 Å². The molecule has 3 fully saturated rings. The van der Waals surface area contributed by atoms with Crippen LogP contribution >= 0.6 is 0 Å². The van der Waals surface area contributed by atoms with Gasteiger partial charge in [-0.2, -0.15) is 9.37 Å². The molecule has 1 aliphatic carbocycles. The molecule has 0 unspecified atom stereocenters. The van der Waals surface area contributed by atoms with Crippen molar-refractivity contribution >= 4 is 11.9 Å². The lowest BCUT2D eigenvalue weighted by Crippen LogP contribution is -2.50. The summed E-state index contributed by atoms with van der Waals surface area (Å²) >= 11 is 0. The number of piperidine rings is 1. The van der Waals surface area contributed by atoms with Gasteiger partial charge in [-0.05, 0) is 44.9 Å². The van der Waals surface area contributed by atoms with Crippen molar-refractivity contribution in [3.8, 4) is 0 Å². The first kappa shape index (κ1) is 16.7. The molecule has 25 heavy (non-hydrogen) atoms. The number of halogens is 1. The SMILES string of the molecule is O=C1N(C2CCC(O)CC2)CC[C@]12CCCN(c1nccc(F)n1)C2. The molecule has 3 aliphatic rings. The minimum atomic E-state index is -0.537. The van der Waals surface area contributed by atoms with Crippen LogP contribution in [0, 0.1) is 11.4 Å². The Bertz CT molecular complexity index is 650. The lowest BCUT2D eigenvalue weighted by atomic mass is 9.78. The van der Waals surface area contributed by atoms with E-state index in [1.165, 1.54) is 12.3 Å². The van der Waals surface area contributed by atoms with E-state index in [2.05, 4.69) is 9.97 Å². The van der Waals surface area contributed by atoms with Crippen LogP contribution in [0.25, 0.3) is 0 Å². The van der Waals surface area contributed by atoms with Crippen LogP contribution in [-0.2, 0) is 4.79 Å². The van der Waals surface area contributed by atoms with Gasteiger partial charge in [0.15, 0.2) is 0 Å². The Balaban J connectivity index is 1.49. The van der Waals surface area contributed by atoms with Crippen molar-refractivity contribution < 1.29 is 14.3 Å². The molecule has 4 rings (SSSR count). The topological polar surface area (TPSA) is 69.6 Å². The Morgan fingerprint density at radius 1 is 1.20 bits per heavy atom. The average Bonchev–Trinajstić information content (AvgIpc) is 2.92. The van der Waals surface area contributed by atoms with E-state index < -0.39 is 5.95 Å². The highest BCUT2D eigenvalue weighted by Gasteiger charge is 2.50. The minimum absolute atomic E-state index is 0.210. The number of aliphatic hydroxyl groups is 1. The molecular weight excluding hydrogens is 323 g/mol. The van der Waals surface area contributed by atoms with Crippen LogP contribution in [0.2, 0.25) is 0 Å². The Morgan fingerprint density at radius 3 is 2.76 bits per heavy atom. The first-order valence-corrected chi connectivity index (χ1v) is 9.30. The summed E-state index contributed by atoms with van der Waals surface area (Å²) in [6, 6.07) is 1.50. The molecule has 1 aromatic rings. The number of aliphatic hydroxyl groups excluding tert-OH is 1. The molecular formula is C18H25FN4O2. The summed E-state index contributed by atoms with van der Waals surface area (Å²) in [4.78, 5) is 25.3. The van der Waals surface area contributed by atoms with E-state index in [0.29, 0.717) is 12.5 Å². The second kappa shape index (κ2) is 6.52. The highest BCUT2D eigenvalue weighted by molar-refractivity contribution is 5.86. The molecule has 1 aromatic heterocycles. The number of amides is 1. The maximum absolute atomic E-state index is 13.4. The predicted octanol–water partition coefficient (Wildman–Crippen LogP) is 1.74. The maximum Gasteiger partial charge on any atom is 0.230 e. The molecule has 1 saturated carbocycles. The summed E-state index contributed by atoms with van der Waals surface area (Å²) in [5.74, 6) is 0.0749. The Hall–Kier alpha value is -1.76. The van der Waals surface area contributed by atoms with Gasteiger partial charge in [-0.3, -0.25) is 4.79 Å². The summed E-state index contributed by atoms with van der Waals surface area (Å²) in [6.07, 6.45) is 7.17. The molecule has 7 heteroatoms. The van der Waals surface area contributed by atoms with E-state index in [0.717, 1.165) is 58.0 Å². The lowest BCUT2D eigenvalue weighted by Gasteiger charge is -2.40. The molecule has 1 N–H and O–H groups in total. The van der Waals surface area contributed by atoms with E-state index in [1.807, 2.05) is 9.80 Å². The summed E-state index contributed by atoms with van der Waals surface area (Å²) < 4.78 is 13.4. The molecule has 1 amide bonds.